The van der Waals surface area contributed by atoms with Gasteiger partial charge in [0.1, 0.15) is 0 Å². The highest BCUT2D eigenvalue weighted by Crippen LogP contribution is 2.25. The second-order valence-electron chi connectivity index (χ2n) is 5.58. The molecular weight excluding hydrogens is 300 g/mol. The molecule has 0 radical (unpaired) electrons. The predicted molar refractivity (Wildman–Crippen MR) is 88.0 cm³/mol. The number of aryl methyl sites for hydroxylation is 1. The van der Waals surface area contributed by atoms with Crippen molar-refractivity contribution in [3.05, 3.63) is 22.1 Å². The van der Waals surface area contributed by atoms with Gasteiger partial charge in [-0.25, -0.2) is 4.98 Å². The van der Waals surface area contributed by atoms with E-state index in [9.17, 15) is 4.79 Å². The maximum absolute atomic E-state index is 12.2. The summed E-state index contributed by atoms with van der Waals surface area (Å²) in [6.45, 7) is 6.64. The first kappa shape index (κ1) is 15.4. The van der Waals surface area contributed by atoms with Gasteiger partial charge in [-0.2, -0.15) is 4.52 Å². The lowest BCUT2D eigenvalue weighted by atomic mass is 10.1. The molecule has 0 spiro atoms. The van der Waals surface area contributed by atoms with Gasteiger partial charge in [0.05, 0.1) is 6.10 Å². The van der Waals surface area contributed by atoms with Crippen LogP contribution >= 0.6 is 11.3 Å². The van der Waals surface area contributed by atoms with Crippen molar-refractivity contribution < 1.29 is 4.74 Å². The highest BCUT2D eigenvalue weighted by atomic mass is 32.1. The number of hydrogen-bond donors (Lipinski definition) is 0. The number of piperidine rings is 1. The molecule has 1 saturated heterocycles. The molecule has 0 aromatic carbocycles. The van der Waals surface area contributed by atoms with Gasteiger partial charge in [0, 0.05) is 31.5 Å². The van der Waals surface area contributed by atoms with Crippen LogP contribution in [-0.2, 0) is 11.2 Å². The standard InChI is InChI=1S/C15H22N4O2S/c1-3-6-11-9-13(20)19-14(16-11)22-15(17-19)18-8-5-7-12(10-18)21-4-2/h9,12H,3-8,10H2,1-2H3. The van der Waals surface area contributed by atoms with E-state index in [4.69, 9.17) is 4.74 Å². The van der Waals surface area contributed by atoms with Crippen LogP contribution in [0, 0.1) is 0 Å². The first-order valence-corrected chi connectivity index (χ1v) is 8.79. The van der Waals surface area contributed by atoms with Crippen LogP contribution in [0.4, 0.5) is 5.13 Å². The van der Waals surface area contributed by atoms with Crippen LogP contribution in [0.25, 0.3) is 4.96 Å². The molecule has 120 valence electrons. The minimum atomic E-state index is -0.0886. The average molecular weight is 322 g/mol. The zero-order valence-electron chi connectivity index (χ0n) is 13.1. The molecule has 3 heterocycles. The van der Waals surface area contributed by atoms with Gasteiger partial charge in [0.2, 0.25) is 10.1 Å². The van der Waals surface area contributed by atoms with Crippen molar-refractivity contribution in [3.63, 3.8) is 0 Å². The van der Waals surface area contributed by atoms with Crippen molar-refractivity contribution in [2.24, 2.45) is 0 Å². The maximum atomic E-state index is 12.2. The number of rotatable bonds is 5. The summed E-state index contributed by atoms with van der Waals surface area (Å²) >= 11 is 1.49. The van der Waals surface area contributed by atoms with Crippen LogP contribution in [-0.4, -0.2) is 40.4 Å². The van der Waals surface area contributed by atoms with Crippen LogP contribution in [0.1, 0.15) is 38.8 Å². The van der Waals surface area contributed by atoms with Crippen LogP contribution in [0.5, 0.6) is 0 Å². The van der Waals surface area contributed by atoms with E-state index in [-0.39, 0.29) is 11.7 Å². The Morgan fingerprint density at radius 1 is 1.45 bits per heavy atom. The molecule has 1 fully saturated rings. The summed E-state index contributed by atoms with van der Waals surface area (Å²) in [5.41, 5.74) is 0.767. The Bertz CT molecular complexity index is 694. The van der Waals surface area contributed by atoms with Crippen LogP contribution in [0.2, 0.25) is 0 Å². The van der Waals surface area contributed by atoms with E-state index in [0.717, 1.165) is 56.2 Å². The van der Waals surface area contributed by atoms with Crippen LogP contribution in [0.3, 0.4) is 0 Å². The minimum Gasteiger partial charge on any atom is -0.377 e. The summed E-state index contributed by atoms with van der Waals surface area (Å²) in [5.74, 6) is 0. The van der Waals surface area contributed by atoms with Gasteiger partial charge in [0.15, 0.2) is 0 Å². The monoisotopic (exact) mass is 322 g/mol. The maximum Gasteiger partial charge on any atom is 0.275 e. The number of ether oxygens (including phenoxy) is 1. The topological polar surface area (TPSA) is 59.7 Å². The predicted octanol–water partition coefficient (Wildman–Crippen LogP) is 2.11. The van der Waals surface area contributed by atoms with Gasteiger partial charge >= 0.3 is 0 Å². The Morgan fingerprint density at radius 2 is 2.32 bits per heavy atom. The van der Waals surface area contributed by atoms with E-state index in [2.05, 4.69) is 21.9 Å². The normalized spacial score (nSPS) is 19.0. The van der Waals surface area contributed by atoms with Crippen LogP contribution < -0.4 is 10.5 Å². The lowest BCUT2D eigenvalue weighted by Gasteiger charge is -2.31. The van der Waals surface area contributed by atoms with Crippen molar-refractivity contribution in [2.45, 2.75) is 45.6 Å². The zero-order valence-corrected chi connectivity index (χ0v) is 13.9. The molecule has 7 heteroatoms. The average Bonchev–Trinajstić information content (AvgIpc) is 2.93. The van der Waals surface area contributed by atoms with Crippen molar-refractivity contribution >= 4 is 21.4 Å². The number of anilines is 1. The molecule has 1 atom stereocenters. The smallest absolute Gasteiger partial charge is 0.275 e. The molecular formula is C15H22N4O2S. The summed E-state index contributed by atoms with van der Waals surface area (Å²) in [7, 11) is 0. The van der Waals surface area contributed by atoms with Gasteiger partial charge < -0.3 is 9.64 Å². The van der Waals surface area contributed by atoms with Crippen molar-refractivity contribution in [2.75, 3.05) is 24.6 Å². The van der Waals surface area contributed by atoms with Crippen molar-refractivity contribution in [3.8, 4) is 0 Å². The summed E-state index contributed by atoms with van der Waals surface area (Å²) in [6, 6.07) is 1.60. The number of nitrogens with zero attached hydrogens (tertiary/aromatic N) is 4. The Hall–Kier alpha value is -1.47. The summed E-state index contributed by atoms with van der Waals surface area (Å²) in [5, 5.41) is 5.33. The molecule has 0 bridgehead atoms. The third-order valence-electron chi connectivity index (χ3n) is 3.84. The van der Waals surface area contributed by atoms with Crippen LogP contribution in [0.15, 0.2) is 10.9 Å². The summed E-state index contributed by atoms with van der Waals surface area (Å²) in [4.78, 5) is 19.6. The van der Waals surface area contributed by atoms with Gasteiger partial charge in [-0.05, 0) is 26.2 Å². The molecule has 1 aliphatic rings. The van der Waals surface area contributed by atoms with E-state index in [0.29, 0.717) is 4.96 Å². The molecule has 3 rings (SSSR count). The highest BCUT2D eigenvalue weighted by molar-refractivity contribution is 7.20. The lowest BCUT2D eigenvalue weighted by molar-refractivity contribution is 0.0526. The summed E-state index contributed by atoms with van der Waals surface area (Å²) in [6.07, 6.45) is 4.25. The largest absolute Gasteiger partial charge is 0.377 e. The third kappa shape index (κ3) is 3.15. The molecule has 1 unspecified atom stereocenters. The first-order valence-electron chi connectivity index (χ1n) is 7.97. The summed E-state index contributed by atoms with van der Waals surface area (Å²) < 4.78 is 7.15. The van der Waals surface area contributed by atoms with E-state index >= 15 is 0 Å². The molecule has 0 amide bonds. The Kier molecular flexibility index (Phi) is 4.73. The molecule has 2 aromatic heterocycles. The molecule has 6 nitrogen and oxygen atoms in total. The van der Waals surface area contributed by atoms with Crippen molar-refractivity contribution in [1.82, 2.24) is 14.6 Å². The number of hydrogen-bond acceptors (Lipinski definition) is 6. The van der Waals surface area contributed by atoms with Gasteiger partial charge in [-0.3, -0.25) is 4.79 Å². The SMILES string of the molecule is CCCc1cc(=O)n2nc(N3CCCC(OCC)C3)sc2n1. The van der Waals surface area contributed by atoms with E-state index in [1.54, 1.807) is 6.07 Å². The molecule has 0 aliphatic carbocycles. The first-order chi connectivity index (χ1) is 10.7. The lowest BCUT2D eigenvalue weighted by Crippen LogP contribution is -2.39. The fourth-order valence-corrected chi connectivity index (χ4v) is 3.80. The van der Waals surface area contributed by atoms with Gasteiger partial charge in [-0.15, -0.1) is 5.10 Å². The quantitative estimate of drug-likeness (QED) is 0.844. The van der Waals surface area contributed by atoms with Gasteiger partial charge in [-0.1, -0.05) is 24.7 Å². The number of aromatic nitrogens is 3. The molecule has 2 aromatic rings. The minimum absolute atomic E-state index is 0.0886. The molecule has 0 N–H and O–H groups in total. The van der Waals surface area contributed by atoms with Crippen molar-refractivity contribution in [1.29, 1.82) is 0 Å². The van der Waals surface area contributed by atoms with E-state index in [1.807, 2.05) is 6.92 Å². The second kappa shape index (κ2) is 6.75. The Labute approximate surface area is 133 Å². The fourth-order valence-electron chi connectivity index (χ4n) is 2.84. The Morgan fingerprint density at radius 3 is 3.09 bits per heavy atom. The van der Waals surface area contributed by atoms with E-state index < -0.39 is 0 Å². The third-order valence-corrected chi connectivity index (χ3v) is 4.81. The molecule has 22 heavy (non-hydrogen) atoms. The zero-order chi connectivity index (χ0) is 15.5. The Balaban J connectivity index is 1.88. The van der Waals surface area contributed by atoms with Gasteiger partial charge in [0.25, 0.3) is 5.56 Å². The second-order valence-corrected chi connectivity index (χ2v) is 6.51. The highest BCUT2D eigenvalue weighted by Gasteiger charge is 2.23. The molecule has 0 saturated carbocycles. The fraction of sp³-hybridized carbons (Fsp3) is 0.667. The number of fused-ring (bicyclic) bond motifs is 1. The van der Waals surface area contributed by atoms with E-state index in [1.165, 1.54) is 15.9 Å². The molecule has 1 aliphatic heterocycles.